The summed E-state index contributed by atoms with van der Waals surface area (Å²) in [6.07, 6.45) is 17.2. The van der Waals surface area contributed by atoms with E-state index in [1.54, 1.807) is 6.20 Å². The number of imidazole rings is 1. The van der Waals surface area contributed by atoms with Crippen LogP contribution in [0.5, 0.6) is 0 Å². The van der Waals surface area contributed by atoms with Gasteiger partial charge in [-0.2, -0.15) is 0 Å². The lowest BCUT2D eigenvalue weighted by atomic mass is 9.68. The van der Waals surface area contributed by atoms with Crippen molar-refractivity contribution < 1.29 is 4.52 Å². The molecule has 168 valence electrons. The minimum absolute atomic E-state index is 0.483. The molecule has 6 atom stereocenters. The van der Waals surface area contributed by atoms with Gasteiger partial charge in [0.25, 0.3) is 0 Å². The molecule has 0 radical (unpaired) electrons. The Bertz CT molecular complexity index is 1060. The van der Waals surface area contributed by atoms with Crippen molar-refractivity contribution in [2.45, 2.75) is 94.8 Å². The number of rotatable bonds is 3. The van der Waals surface area contributed by atoms with Gasteiger partial charge in [0.05, 0.1) is 17.2 Å². The van der Waals surface area contributed by atoms with Crippen LogP contribution in [0.2, 0.25) is 0 Å². The molecule has 5 heteroatoms. The lowest BCUT2D eigenvalue weighted by Crippen LogP contribution is -2.58. The molecule has 1 aromatic carbocycles. The molecule has 32 heavy (non-hydrogen) atoms. The second-order valence-electron chi connectivity index (χ2n) is 11.0. The number of para-hydroxylation sites is 2. The Morgan fingerprint density at radius 1 is 0.750 bits per heavy atom. The third-order valence-corrected chi connectivity index (χ3v) is 9.15. The van der Waals surface area contributed by atoms with Crippen molar-refractivity contribution in [1.82, 2.24) is 19.6 Å². The van der Waals surface area contributed by atoms with E-state index in [0.717, 1.165) is 47.1 Å². The first-order chi connectivity index (χ1) is 15.8. The van der Waals surface area contributed by atoms with E-state index in [1.165, 1.54) is 76.1 Å². The van der Waals surface area contributed by atoms with E-state index >= 15 is 0 Å². The van der Waals surface area contributed by atoms with Gasteiger partial charge in [0, 0.05) is 30.2 Å². The zero-order chi connectivity index (χ0) is 21.1. The van der Waals surface area contributed by atoms with Gasteiger partial charge in [0.1, 0.15) is 0 Å². The molecule has 4 aliphatic rings. The lowest BCUT2D eigenvalue weighted by Gasteiger charge is -2.55. The molecule has 7 rings (SSSR count). The van der Waals surface area contributed by atoms with Crippen LogP contribution >= 0.6 is 0 Å². The van der Waals surface area contributed by atoms with E-state index in [9.17, 15) is 0 Å². The van der Waals surface area contributed by atoms with Gasteiger partial charge in [0.2, 0.25) is 5.76 Å². The molecule has 4 heterocycles. The molecule has 2 aromatic heterocycles. The molecule has 2 saturated carbocycles. The van der Waals surface area contributed by atoms with Crippen LogP contribution in [0.4, 0.5) is 0 Å². The molecule has 0 N–H and O–H groups in total. The molecular formula is C27H34N4O. The minimum Gasteiger partial charge on any atom is -0.353 e. The normalized spacial score (nSPS) is 35.2. The molecule has 3 aromatic rings. The first-order valence-electron chi connectivity index (χ1n) is 13.0. The fourth-order valence-electron chi connectivity index (χ4n) is 8.05. The van der Waals surface area contributed by atoms with Gasteiger partial charge >= 0.3 is 0 Å². The Balaban J connectivity index is 1.23. The van der Waals surface area contributed by atoms with Gasteiger partial charge in [0.15, 0.2) is 5.82 Å². The van der Waals surface area contributed by atoms with Crippen LogP contribution in [0, 0.1) is 11.8 Å². The van der Waals surface area contributed by atoms with Gasteiger partial charge < -0.3 is 9.09 Å². The minimum atomic E-state index is 0.483. The van der Waals surface area contributed by atoms with Crippen molar-refractivity contribution in [1.29, 1.82) is 0 Å². The van der Waals surface area contributed by atoms with Crippen molar-refractivity contribution >= 4 is 11.0 Å². The summed E-state index contributed by atoms with van der Waals surface area (Å²) in [6, 6.07) is 13.3. The van der Waals surface area contributed by atoms with E-state index in [4.69, 9.17) is 9.51 Å². The summed E-state index contributed by atoms with van der Waals surface area (Å²) in [6.45, 7) is 0. The van der Waals surface area contributed by atoms with E-state index < -0.39 is 0 Å². The Morgan fingerprint density at radius 3 is 2.25 bits per heavy atom. The predicted octanol–water partition coefficient (Wildman–Crippen LogP) is 6.22. The van der Waals surface area contributed by atoms with E-state index in [1.807, 2.05) is 6.07 Å². The molecule has 2 unspecified atom stereocenters. The van der Waals surface area contributed by atoms with Crippen molar-refractivity contribution in [2.75, 3.05) is 0 Å². The number of nitrogens with zero attached hydrogens (tertiary/aromatic N) is 4. The maximum absolute atomic E-state index is 5.59. The Hall–Kier alpha value is -2.14. The Labute approximate surface area is 190 Å². The Kier molecular flexibility index (Phi) is 4.67. The van der Waals surface area contributed by atoms with E-state index in [-0.39, 0.29) is 0 Å². The number of fused-ring (bicyclic) bond motifs is 5. The SMILES string of the molecule is c1ccc2c(c1)nc(-c1ccno1)n2C1C[C@H]2CCC[C@@H](C1)N2C1C[C@H]2CCC[C@@H](C1)C2. The number of hydrogen-bond donors (Lipinski definition) is 0. The molecule has 2 aliphatic carbocycles. The highest BCUT2D eigenvalue weighted by atomic mass is 16.5. The van der Waals surface area contributed by atoms with Crippen LogP contribution in [-0.2, 0) is 0 Å². The fourth-order valence-corrected chi connectivity index (χ4v) is 8.05. The standard InChI is InChI=1S/C27H34N4O/c1-2-10-25-24(9-1)29-27(26-11-12-28-32-26)31(25)23-16-20-7-4-8-21(17-23)30(20)22-14-18-5-3-6-19(13-18)15-22/h1-2,9-12,18-23H,3-8,13-17H2/t18-,19+,20-,21+,22?,23?. The molecule has 2 saturated heterocycles. The second kappa shape index (κ2) is 7.72. The summed E-state index contributed by atoms with van der Waals surface area (Å²) in [5.74, 6) is 3.74. The zero-order valence-electron chi connectivity index (χ0n) is 18.9. The second-order valence-corrected chi connectivity index (χ2v) is 11.0. The van der Waals surface area contributed by atoms with Crippen LogP contribution in [0.15, 0.2) is 41.1 Å². The lowest BCUT2D eigenvalue weighted by molar-refractivity contribution is -0.0481. The molecule has 0 amide bonds. The third-order valence-electron chi connectivity index (χ3n) is 9.15. The van der Waals surface area contributed by atoms with Gasteiger partial charge in [-0.1, -0.05) is 43.0 Å². The van der Waals surface area contributed by atoms with Gasteiger partial charge in [-0.25, -0.2) is 4.98 Å². The smallest absolute Gasteiger partial charge is 0.202 e. The van der Waals surface area contributed by atoms with Gasteiger partial charge in [-0.15, -0.1) is 0 Å². The fraction of sp³-hybridized carbons (Fsp3) is 0.630. The monoisotopic (exact) mass is 430 g/mol. The number of piperidine rings is 2. The van der Waals surface area contributed by atoms with Crippen LogP contribution < -0.4 is 0 Å². The average molecular weight is 431 g/mol. The molecule has 4 fully saturated rings. The van der Waals surface area contributed by atoms with Crippen molar-refractivity contribution in [3.05, 3.63) is 36.5 Å². The van der Waals surface area contributed by atoms with Crippen LogP contribution in [0.1, 0.15) is 76.7 Å². The van der Waals surface area contributed by atoms with Crippen LogP contribution in [0.3, 0.4) is 0 Å². The zero-order valence-corrected chi connectivity index (χ0v) is 18.9. The molecule has 5 nitrogen and oxygen atoms in total. The summed E-state index contributed by atoms with van der Waals surface area (Å²) in [4.78, 5) is 8.03. The highest BCUT2D eigenvalue weighted by Crippen LogP contribution is 2.48. The summed E-state index contributed by atoms with van der Waals surface area (Å²) >= 11 is 0. The predicted molar refractivity (Wildman–Crippen MR) is 125 cm³/mol. The Morgan fingerprint density at radius 2 is 1.50 bits per heavy atom. The van der Waals surface area contributed by atoms with Crippen LogP contribution in [0.25, 0.3) is 22.6 Å². The maximum Gasteiger partial charge on any atom is 0.202 e. The number of benzene rings is 1. The summed E-state index contributed by atoms with van der Waals surface area (Å²) in [7, 11) is 0. The topological polar surface area (TPSA) is 47.1 Å². The van der Waals surface area contributed by atoms with Gasteiger partial charge in [-0.05, 0) is 68.9 Å². The highest BCUT2D eigenvalue weighted by Gasteiger charge is 2.45. The quantitative estimate of drug-likeness (QED) is 0.495. The van der Waals surface area contributed by atoms with Crippen molar-refractivity contribution in [3.63, 3.8) is 0 Å². The first-order valence-corrected chi connectivity index (χ1v) is 13.0. The first kappa shape index (κ1) is 19.3. The summed E-state index contributed by atoms with van der Waals surface area (Å²) < 4.78 is 8.08. The molecule has 4 bridgehead atoms. The van der Waals surface area contributed by atoms with Crippen molar-refractivity contribution in [3.8, 4) is 11.6 Å². The van der Waals surface area contributed by atoms with E-state index in [0.29, 0.717) is 6.04 Å². The van der Waals surface area contributed by atoms with Gasteiger partial charge in [-0.3, -0.25) is 4.90 Å². The third kappa shape index (κ3) is 3.15. The number of hydrogen-bond acceptors (Lipinski definition) is 4. The number of aromatic nitrogens is 3. The molecule has 0 spiro atoms. The summed E-state index contributed by atoms with van der Waals surface area (Å²) in [5.41, 5.74) is 2.30. The van der Waals surface area contributed by atoms with Crippen LogP contribution in [-0.4, -0.2) is 37.7 Å². The molecule has 2 aliphatic heterocycles. The molecular weight excluding hydrogens is 396 g/mol. The van der Waals surface area contributed by atoms with E-state index in [2.05, 4.69) is 38.9 Å². The largest absolute Gasteiger partial charge is 0.353 e. The average Bonchev–Trinajstić information content (AvgIpc) is 3.46. The maximum atomic E-state index is 5.59. The highest BCUT2D eigenvalue weighted by molar-refractivity contribution is 5.80. The summed E-state index contributed by atoms with van der Waals surface area (Å²) in [5, 5.41) is 3.98. The van der Waals surface area contributed by atoms with Crippen molar-refractivity contribution in [2.24, 2.45) is 11.8 Å².